The largest absolute Gasteiger partial charge is 0.480 e. The van der Waals surface area contributed by atoms with Crippen LogP contribution in [0.25, 0.3) is 0 Å². The molecule has 0 radical (unpaired) electrons. The molecule has 0 aliphatic carbocycles. The number of carbonyl (C=O) groups excluding carboxylic acids is 1. The van der Waals surface area contributed by atoms with Crippen LogP contribution < -0.4 is 4.90 Å². The lowest BCUT2D eigenvalue weighted by atomic mass is 10.0. The lowest BCUT2D eigenvalue weighted by Gasteiger charge is -2.36. The summed E-state index contributed by atoms with van der Waals surface area (Å²) in [5, 5.41) is 9.37. The molecule has 0 heterocycles. The minimum absolute atomic E-state index is 0.481. The van der Waals surface area contributed by atoms with Crippen molar-refractivity contribution in [3.05, 3.63) is 30.3 Å². The van der Waals surface area contributed by atoms with Crippen molar-refractivity contribution in [2.45, 2.75) is 45.8 Å². The lowest BCUT2D eigenvalue weighted by molar-refractivity contribution is -0.142. The number of para-hydroxylation sites is 1. The molecule has 0 fully saturated rings. The second-order valence-corrected chi connectivity index (χ2v) is 6.02. The Morgan fingerprint density at radius 2 is 1.55 bits per heavy atom. The first-order valence-corrected chi connectivity index (χ1v) is 6.37. The molecule has 0 saturated heterocycles. The van der Waals surface area contributed by atoms with Gasteiger partial charge in [0.15, 0.2) is 0 Å². The third kappa shape index (κ3) is 3.73. The maximum atomic E-state index is 12.4. The van der Waals surface area contributed by atoms with Gasteiger partial charge in [-0.2, -0.15) is 0 Å². The third-order valence-corrected chi connectivity index (χ3v) is 2.67. The Hall–Kier alpha value is -2.04. The predicted molar refractivity (Wildman–Crippen MR) is 76.9 cm³/mol. The molecular formula is C15H21NO4. The highest BCUT2D eigenvalue weighted by atomic mass is 16.6. The van der Waals surface area contributed by atoms with Gasteiger partial charge in [-0.25, -0.2) is 9.59 Å². The zero-order valence-electron chi connectivity index (χ0n) is 12.5. The highest BCUT2D eigenvalue weighted by Gasteiger charge is 2.41. The molecule has 0 saturated carbocycles. The van der Waals surface area contributed by atoms with Gasteiger partial charge in [-0.05, 0) is 46.8 Å². The molecule has 1 rings (SSSR count). The van der Waals surface area contributed by atoms with E-state index in [9.17, 15) is 14.7 Å². The molecule has 1 amide bonds. The average Bonchev–Trinajstić information content (AvgIpc) is 2.27. The van der Waals surface area contributed by atoms with Crippen molar-refractivity contribution in [2.24, 2.45) is 0 Å². The minimum atomic E-state index is -1.41. The second-order valence-electron chi connectivity index (χ2n) is 6.02. The Bertz CT molecular complexity index is 488. The summed E-state index contributed by atoms with van der Waals surface area (Å²) in [6, 6.07) is 8.63. The number of rotatable bonds is 3. The number of carbonyl (C=O) groups is 2. The van der Waals surface area contributed by atoms with Crippen LogP contribution in [-0.4, -0.2) is 28.3 Å². The molecule has 1 aromatic carbocycles. The summed E-state index contributed by atoms with van der Waals surface area (Å²) in [5.41, 5.74) is -1.63. The molecule has 20 heavy (non-hydrogen) atoms. The summed E-state index contributed by atoms with van der Waals surface area (Å²) in [4.78, 5) is 25.0. The number of amides is 1. The molecule has 0 aliphatic rings. The second kappa shape index (κ2) is 5.53. The molecule has 0 bridgehead atoms. The van der Waals surface area contributed by atoms with E-state index in [2.05, 4.69) is 0 Å². The Balaban J connectivity index is 3.23. The van der Waals surface area contributed by atoms with E-state index in [0.717, 1.165) is 4.90 Å². The number of carboxylic acid groups (broad SMARTS) is 1. The van der Waals surface area contributed by atoms with E-state index < -0.39 is 23.2 Å². The Labute approximate surface area is 119 Å². The lowest BCUT2D eigenvalue weighted by Crippen LogP contribution is -2.54. The summed E-state index contributed by atoms with van der Waals surface area (Å²) in [5.74, 6) is -1.10. The van der Waals surface area contributed by atoms with E-state index in [4.69, 9.17) is 4.74 Å². The van der Waals surface area contributed by atoms with Crippen LogP contribution in [0.2, 0.25) is 0 Å². The van der Waals surface area contributed by atoms with Crippen LogP contribution in [-0.2, 0) is 9.53 Å². The van der Waals surface area contributed by atoms with E-state index >= 15 is 0 Å². The number of anilines is 1. The Kier molecular flexibility index (Phi) is 4.43. The predicted octanol–water partition coefficient (Wildman–Crippen LogP) is 3.29. The zero-order valence-corrected chi connectivity index (χ0v) is 12.5. The minimum Gasteiger partial charge on any atom is -0.480 e. The van der Waals surface area contributed by atoms with Gasteiger partial charge in [0.25, 0.3) is 0 Å². The number of hydrogen-bond donors (Lipinski definition) is 1. The van der Waals surface area contributed by atoms with Gasteiger partial charge in [0.2, 0.25) is 0 Å². The first kappa shape index (κ1) is 16.0. The molecule has 0 aliphatic heterocycles. The maximum absolute atomic E-state index is 12.4. The third-order valence-electron chi connectivity index (χ3n) is 2.67. The van der Waals surface area contributed by atoms with Crippen molar-refractivity contribution in [1.82, 2.24) is 0 Å². The van der Waals surface area contributed by atoms with E-state index in [1.807, 2.05) is 0 Å². The van der Waals surface area contributed by atoms with E-state index in [-0.39, 0.29) is 0 Å². The molecule has 0 aromatic heterocycles. The summed E-state index contributed by atoms with van der Waals surface area (Å²) in [7, 11) is 0. The number of benzene rings is 1. The van der Waals surface area contributed by atoms with Crippen molar-refractivity contribution in [3.8, 4) is 0 Å². The van der Waals surface area contributed by atoms with Crippen LogP contribution in [0.4, 0.5) is 10.5 Å². The fourth-order valence-corrected chi connectivity index (χ4v) is 1.64. The average molecular weight is 279 g/mol. The normalized spacial score (nSPS) is 11.8. The van der Waals surface area contributed by atoms with Gasteiger partial charge in [0.05, 0.1) is 0 Å². The first-order valence-electron chi connectivity index (χ1n) is 6.37. The number of carboxylic acids is 1. The zero-order chi connectivity index (χ0) is 15.6. The van der Waals surface area contributed by atoms with Crippen LogP contribution in [0.3, 0.4) is 0 Å². The Morgan fingerprint density at radius 3 is 1.95 bits per heavy atom. The van der Waals surface area contributed by atoms with Gasteiger partial charge in [-0.3, -0.25) is 4.90 Å². The fourth-order valence-electron chi connectivity index (χ4n) is 1.64. The van der Waals surface area contributed by atoms with Crippen LogP contribution in [0, 0.1) is 0 Å². The highest BCUT2D eigenvalue weighted by Crippen LogP contribution is 2.26. The van der Waals surface area contributed by atoms with E-state index in [1.54, 1.807) is 51.1 Å². The molecule has 0 spiro atoms. The van der Waals surface area contributed by atoms with Crippen molar-refractivity contribution in [3.63, 3.8) is 0 Å². The number of hydrogen-bond acceptors (Lipinski definition) is 3. The highest BCUT2D eigenvalue weighted by molar-refractivity contribution is 5.97. The van der Waals surface area contributed by atoms with Crippen molar-refractivity contribution < 1.29 is 19.4 Å². The Morgan fingerprint density at radius 1 is 1.05 bits per heavy atom. The maximum Gasteiger partial charge on any atom is 0.415 e. The monoisotopic (exact) mass is 279 g/mol. The summed E-state index contributed by atoms with van der Waals surface area (Å²) >= 11 is 0. The van der Waals surface area contributed by atoms with Crippen LogP contribution >= 0.6 is 0 Å². The van der Waals surface area contributed by atoms with Gasteiger partial charge >= 0.3 is 12.1 Å². The molecule has 110 valence electrons. The molecule has 1 aromatic rings. The molecule has 0 unspecified atom stereocenters. The van der Waals surface area contributed by atoms with Crippen LogP contribution in [0.1, 0.15) is 34.6 Å². The number of nitrogens with zero attached hydrogens (tertiary/aromatic N) is 1. The summed E-state index contributed by atoms with van der Waals surface area (Å²) in [6.45, 7) is 8.14. The smallest absolute Gasteiger partial charge is 0.415 e. The molecule has 0 atom stereocenters. The SMILES string of the molecule is CC(C)(C)OC(=O)N(c1ccccc1)C(C)(C)C(=O)O. The van der Waals surface area contributed by atoms with Gasteiger partial charge in [0.1, 0.15) is 11.1 Å². The van der Waals surface area contributed by atoms with Gasteiger partial charge in [-0.1, -0.05) is 18.2 Å². The van der Waals surface area contributed by atoms with Gasteiger partial charge < -0.3 is 9.84 Å². The molecular weight excluding hydrogens is 258 g/mol. The van der Waals surface area contributed by atoms with Crippen LogP contribution in [0.5, 0.6) is 0 Å². The van der Waals surface area contributed by atoms with Gasteiger partial charge in [0, 0.05) is 5.69 Å². The first-order chi connectivity index (χ1) is 9.05. The quantitative estimate of drug-likeness (QED) is 0.922. The number of aliphatic carboxylic acids is 1. The number of ether oxygens (including phenoxy) is 1. The van der Waals surface area contributed by atoms with Crippen molar-refractivity contribution in [2.75, 3.05) is 4.90 Å². The summed E-state index contributed by atoms with van der Waals surface area (Å²) in [6.07, 6.45) is -0.684. The molecule has 1 N–H and O–H groups in total. The molecule has 5 nitrogen and oxygen atoms in total. The standard InChI is InChI=1S/C15H21NO4/c1-14(2,3)20-13(19)16(15(4,5)12(17)18)11-9-7-6-8-10-11/h6-10H,1-5H3,(H,17,18). The topological polar surface area (TPSA) is 66.8 Å². The van der Waals surface area contributed by atoms with E-state index in [1.165, 1.54) is 13.8 Å². The van der Waals surface area contributed by atoms with Crippen molar-refractivity contribution in [1.29, 1.82) is 0 Å². The van der Waals surface area contributed by atoms with Gasteiger partial charge in [-0.15, -0.1) is 0 Å². The van der Waals surface area contributed by atoms with Crippen LogP contribution in [0.15, 0.2) is 30.3 Å². The molecule has 5 heteroatoms. The van der Waals surface area contributed by atoms with Crippen molar-refractivity contribution >= 4 is 17.7 Å². The van der Waals surface area contributed by atoms with E-state index in [0.29, 0.717) is 5.69 Å². The summed E-state index contributed by atoms with van der Waals surface area (Å²) < 4.78 is 5.31. The fraction of sp³-hybridized carbons (Fsp3) is 0.467.